The van der Waals surface area contributed by atoms with Gasteiger partial charge in [-0.05, 0) is 82.6 Å². The Hall–Kier alpha value is -1.10. The molecule has 296 valence electrons. The summed E-state index contributed by atoms with van der Waals surface area (Å²) in [5, 5.41) is 0. The van der Waals surface area contributed by atoms with Crippen molar-refractivity contribution in [2.45, 2.75) is 239 Å². The van der Waals surface area contributed by atoms with Gasteiger partial charge < -0.3 is 14.4 Å². The van der Waals surface area contributed by atoms with Crippen LogP contribution in [0.3, 0.4) is 0 Å². The van der Waals surface area contributed by atoms with E-state index in [1.54, 1.807) is 0 Å². The van der Waals surface area contributed by atoms with Crippen LogP contribution in [0.15, 0.2) is 0 Å². The molecule has 0 bridgehead atoms. The average Bonchev–Trinajstić information content (AvgIpc) is 3.11. The summed E-state index contributed by atoms with van der Waals surface area (Å²) in [6.07, 6.45) is 38.3. The molecule has 0 aliphatic carbocycles. The zero-order valence-electron chi connectivity index (χ0n) is 34.3. The number of unbranched alkanes of at least 4 members (excludes halogenated alkanes) is 20. The highest BCUT2D eigenvalue weighted by Gasteiger charge is 2.26. The minimum Gasteiger partial charge on any atom is -0.466 e. The normalized spacial score (nSPS) is 16.7. The van der Waals surface area contributed by atoms with Crippen LogP contribution in [0, 0.1) is 11.8 Å². The number of hydrogen-bond acceptors (Lipinski definition) is 5. The first kappa shape index (κ1) is 46.9. The van der Waals surface area contributed by atoms with Gasteiger partial charge in [0.2, 0.25) is 0 Å². The van der Waals surface area contributed by atoms with Crippen LogP contribution in [-0.4, -0.2) is 49.2 Å². The molecule has 0 spiro atoms. The molecule has 50 heavy (non-hydrogen) atoms. The number of piperidine rings is 1. The summed E-state index contributed by atoms with van der Waals surface area (Å²) in [6.45, 7) is 13.2. The van der Waals surface area contributed by atoms with Crippen LogP contribution < -0.4 is 0 Å². The minimum atomic E-state index is -0.000983. The largest absolute Gasteiger partial charge is 0.466 e. The van der Waals surface area contributed by atoms with Crippen molar-refractivity contribution in [2.75, 3.05) is 26.2 Å². The molecule has 0 aromatic rings. The molecule has 0 radical (unpaired) electrons. The number of nitrogens with zero attached hydrogens (tertiary/aromatic N) is 1. The second-order valence-corrected chi connectivity index (χ2v) is 16.1. The lowest BCUT2D eigenvalue weighted by molar-refractivity contribution is -0.150. The maximum Gasteiger partial charge on any atom is 0.306 e. The van der Waals surface area contributed by atoms with Gasteiger partial charge in [-0.3, -0.25) is 9.59 Å². The fourth-order valence-electron chi connectivity index (χ4n) is 8.00. The smallest absolute Gasteiger partial charge is 0.306 e. The number of likely N-dealkylation sites (tertiary alicyclic amines) is 1. The Morgan fingerprint density at radius 1 is 0.520 bits per heavy atom. The van der Waals surface area contributed by atoms with Crippen molar-refractivity contribution in [1.29, 1.82) is 0 Å². The van der Waals surface area contributed by atoms with Gasteiger partial charge in [-0.15, -0.1) is 0 Å². The molecule has 5 nitrogen and oxygen atoms in total. The Kier molecular flexibility index (Phi) is 32.8. The van der Waals surface area contributed by atoms with Crippen LogP contribution in [0.2, 0.25) is 0 Å². The summed E-state index contributed by atoms with van der Waals surface area (Å²) in [7, 11) is 0. The highest BCUT2D eigenvalue weighted by Crippen LogP contribution is 2.29. The molecule has 2 atom stereocenters. The first-order chi connectivity index (χ1) is 24.5. The number of rotatable bonds is 36. The van der Waals surface area contributed by atoms with Crippen molar-refractivity contribution in [1.82, 2.24) is 4.90 Å². The third-order valence-electron chi connectivity index (χ3n) is 11.2. The maximum absolute atomic E-state index is 12.8. The standard InChI is InChI=1S/C45H87NO4/c1-5-9-12-15-18-19-20-23-29-37-49-44(47)36-30-32-42-38-41(39-46(8-4)40-42)31-25-24-28-35-45(48)50-43(33-26-21-16-13-10-6-2)34-27-22-17-14-11-7-3/h41-43H,5-40H2,1-4H3. The fourth-order valence-corrected chi connectivity index (χ4v) is 8.00. The number of hydrogen-bond donors (Lipinski definition) is 0. The molecule has 0 amide bonds. The summed E-state index contributed by atoms with van der Waals surface area (Å²) < 4.78 is 11.6. The van der Waals surface area contributed by atoms with Gasteiger partial charge in [0.15, 0.2) is 0 Å². The summed E-state index contributed by atoms with van der Waals surface area (Å²) >= 11 is 0. The van der Waals surface area contributed by atoms with Gasteiger partial charge in [0.25, 0.3) is 0 Å². The third kappa shape index (κ3) is 28.5. The third-order valence-corrected chi connectivity index (χ3v) is 11.2. The Morgan fingerprint density at radius 2 is 0.960 bits per heavy atom. The number of esters is 2. The number of carbonyl (C=O) groups excluding carboxylic acids is 2. The first-order valence-electron chi connectivity index (χ1n) is 22.6. The van der Waals surface area contributed by atoms with Gasteiger partial charge in [-0.1, -0.05) is 156 Å². The molecule has 1 aliphatic rings. The van der Waals surface area contributed by atoms with Gasteiger partial charge in [0.1, 0.15) is 6.10 Å². The quantitative estimate of drug-likeness (QED) is 0.0480. The van der Waals surface area contributed by atoms with Crippen molar-refractivity contribution >= 4 is 11.9 Å². The SMILES string of the molecule is CCCCCCCCCCCOC(=O)CCCC1CC(CCCCCC(=O)OC(CCCCCCCC)CCCCCCCC)CN(CC)C1. The summed E-state index contributed by atoms with van der Waals surface area (Å²) in [5.74, 6) is 1.45. The Morgan fingerprint density at radius 3 is 1.48 bits per heavy atom. The Balaban J connectivity index is 2.23. The Bertz CT molecular complexity index is 741. The second-order valence-electron chi connectivity index (χ2n) is 16.1. The molecule has 1 rings (SSSR count). The van der Waals surface area contributed by atoms with E-state index in [-0.39, 0.29) is 18.0 Å². The van der Waals surface area contributed by atoms with E-state index >= 15 is 0 Å². The predicted octanol–water partition coefficient (Wildman–Crippen LogP) is 13.6. The summed E-state index contributed by atoms with van der Waals surface area (Å²) in [6, 6.07) is 0. The summed E-state index contributed by atoms with van der Waals surface area (Å²) in [5.41, 5.74) is 0. The van der Waals surface area contributed by atoms with Crippen LogP contribution in [0.4, 0.5) is 0 Å². The molecule has 0 saturated carbocycles. The fraction of sp³-hybridized carbons (Fsp3) is 0.956. The van der Waals surface area contributed by atoms with Crippen LogP contribution in [-0.2, 0) is 19.1 Å². The van der Waals surface area contributed by atoms with Gasteiger partial charge in [-0.25, -0.2) is 0 Å². The van der Waals surface area contributed by atoms with E-state index in [0.717, 1.165) is 57.4 Å². The molecule has 5 heteroatoms. The highest BCUT2D eigenvalue weighted by molar-refractivity contribution is 5.69. The molecule has 0 N–H and O–H groups in total. The zero-order chi connectivity index (χ0) is 36.3. The van der Waals surface area contributed by atoms with E-state index in [1.807, 2.05) is 0 Å². The molecule has 1 saturated heterocycles. The minimum absolute atomic E-state index is 0.000983. The van der Waals surface area contributed by atoms with E-state index in [4.69, 9.17) is 9.47 Å². The van der Waals surface area contributed by atoms with E-state index in [2.05, 4.69) is 32.6 Å². The number of carbonyl (C=O) groups is 2. The van der Waals surface area contributed by atoms with Gasteiger partial charge in [0, 0.05) is 25.9 Å². The molecule has 1 heterocycles. The van der Waals surface area contributed by atoms with Crippen molar-refractivity contribution in [3.63, 3.8) is 0 Å². The molecular weight excluding hydrogens is 618 g/mol. The first-order valence-corrected chi connectivity index (χ1v) is 22.6. The lowest BCUT2D eigenvalue weighted by Gasteiger charge is -2.37. The van der Waals surface area contributed by atoms with E-state index in [0.29, 0.717) is 25.4 Å². The molecular formula is C45H87NO4. The summed E-state index contributed by atoms with van der Waals surface area (Å²) in [4.78, 5) is 27.8. The van der Waals surface area contributed by atoms with Gasteiger partial charge in [0.05, 0.1) is 6.61 Å². The highest BCUT2D eigenvalue weighted by atomic mass is 16.5. The average molecular weight is 706 g/mol. The van der Waals surface area contributed by atoms with E-state index in [1.165, 1.54) is 161 Å². The maximum atomic E-state index is 12.8. The van der Waals surface area contributed by atoms with Crippen molar-refractivity contribution in [3.05, 3.63) is 0 Å². The van der Waals surface area contributed by atoms with Crippen molar-refractivity contribution < 1.29 is 19.1 Å². The molecule has 0 aromatic heterocycles. The monoisotopic (exact) mass is 706 g/mol. The molecule has 1 fully saturated rings. The van der Waals surface area contributed by atoms with Crippen LogP contribution in [0.25, 0.3) is 0 Å². The zero-order valence-corrected chi connectivity index (χ0v) is 34.3. The van der Waals surface area contributed by atoms with E-state index < -0.39 is 0 Å². The number of ether oxygens (including phenoxy) is 2. The molecule has 1 aliphatic heterocycles. The van der Waals surface area contributed by atoms with E-state index in [9.17, 15) is 9.59 Å². The van der Waals surface area contributed by atoms with Crippen LogP contribution in [0.1, 0.15) is 233 Å². The molecule has 2 unspecified atom stereocenters. The lowest BCUT2D eigenvalue weighted by Crippen LogP contribution is -2.40. The lowest BCUT2D eigenvalue weighted by atomic mass is 9.83. The topological polar surface area (TPSA) is 55.8 Å². The molecule has 0 aromatic carbocycles. The van der Waals surface area contributed by atoms with Gasteiger partial charge in [-0.2, -0.15) is 0 Å². The van der Waals surface area contributed by atoms with Crippen molar-refractivity contribution in [3.8, 4) is 0 Å². The second kappa shape index (κ2) is 35.0. The van der Waals surface area contributed by atoms with Gasteiger partial charge >= 0.3 is 11.9 Å². The Labute approximate surface area is 312 Å². The van der Waals surface area contributed by atoms with Crippen LogP contribution >= 0.6 is 0 Å². The van der Waals surface area contributed by atoms with Crippen LogP contribution in [0.5, 0.6) is 0 Å². The predicted molar refractivity (Wildman–Crippen MR) is 215 cm³/mol. The van der Waals surface area contributed by atoms with Crippen molar-refractivity contribution in [2.24, 2.45) is 11.8 Å².